The van der Waals surface area contributed by atoms with Crippen LogP contribution in [0.4, 0.5) is 0 Å². The maximum atomic E-state index is 13.2. The summed E-state index contributed by atoms with van der Waals surface area (Å²) < 4.78 is 17.6. The predicted molar refractivity (Wildman–Crippen MR) is 114 cm³/mol. The Hall–Kier alpha value is -1.79. The first kappa shape index (κ1) is 20.1. The molecule has 1 aromatic carbocycles. The van der Waals surface area contributed by atoms with Crippen molar-refractivity contribution in [3.8, 4) is 11.5 Å². The van der Waals surface area contributed by atoms with Crippen LogP contribution < -0.4 is 9.47 Å². The molecule has 3 heterocycles. The lowest BCUT2D eigenvalue weighted by atomic mass is 9.71. The Kier molecular flexibility index (Phi) is 5.18. The molecule has 30 heavy (non-hydrogen) atoms. The second-order valence-electron chi connectivity index (χ2n) is 9.71. The van der Waals surface area contributed by atoms with Crippen molar-refractivity contribution in [1.29, 1.82) is 0 Å². The zero-order valence-corrected chi connectivity index (χ0v) is 18.5. The third-order valence-corrected chi connectivity index (χ3v) is 7.46. The second-order valence-corrected chi connectivity index (χ2v) is 9.71. The Morgan fingerprint density at radius 1 is 1.03 bits per heavy atom. The first-order valence-electron chi connectivity index (χ1n) is 11.6. The van der Waals surface area contributed by atoms with Crippen LogP contribution in [0, 0.1) is 0 Å². The van der Waals surface area contributed by atoms with Gasteiger partial charge in [0.15, 0.2) is 11.5 Å². The van der Waals surface area contributed by atoms with Gasteiger partial charge in [-0.15, -0.1) is 0 Å². The van der Waals surface area contributed by atoms with Crippen LogP contribution in [0.5, 0.6) is 11.5 Å². The first-order valence-corrected chi connectivity index (χ1v) is 11.6. The van der Waals surface area contributed by atoms with Crippen LogP contribution in [0.25, 0.3) is 0 Å². The topological polar surface area (TPSA) is 51.2 Å². The molecule has 1 saturated carbocycles. The smallest absolute Gasteiger partial charge is 0.236 e. The van der Waals surface area contributed by atoms with Crippen LogP contribution in [-0.4, -0.2) is 67.3 Å². The molecular formula is C24H34N2O4. The highest BCUT2D eigenvalue weighted by Crippen LogP contribution is 2.51. The summed E-state index contributed by atoms with van der Waals surface area (Å²) in [4.78, 5) is 17.6. The van der Waals surface area contributed by atoms with Crippen molar-refractivity contribution in [3.05, 3.63) is 23.3 Å². The number of benzene rings is 1. The number of amides is 1. The number of hydrogen-bond acceptors (Lipinski definition) is 5. The monoisotopic (exact) mass is 414 g/mol. The molecule has 1 aliphatic carbocycles. The van der Waals surface area contributed by atoms with Gasteiger partial charge in [-0.3, -0.25) is 9.69 Å². The number of rotatable bonds is 2. The average Bonchev–Trinajstić information content (AvgIpc) is 3.19. The van der Waals surface area contributed by atoms with Crippen LogP contribution in [0.1, 0.15) is 63.6 Å². The van der Waals surface area contributed by atoms with Gasteiger partial charge in [-0.2, -0.15) is 0 Å². The van der Waals surface area contributed by atoms with Gasteiger partial charge in [0.05, 0.1) is 18.8 Å². The molecule has 1 saturated heterocycles. The zero-order chi connectivity index (χ0) is 20.9. The van der Waals surface area contributed by atoms with Gasteiger partial charge in [0.2, 0.25) is 5.91 Å². The van der Waals surface area contributed by atoms with Gasteiger partial charge in [-0.05, 0) is 56.9 Å². The molecule has 6 heteroatoms. The molecule has 3 atom stereocenters. The largest absolute Gasteiger partial charge is 0.486 e. The van der Waals surface area contributed by atoms with Crippen molar-refractivity contribution in [3.63, 3.8) is 0 Å². The van der Waals surface area contributed by atoms with Gasteiger partial charge in [0, 0.05) is 31.1 Å². The third kappa shape index (κ3) is 3.48. The summed E-state index contributed by atoms with van der Waals surface area (Å²) in [5, 5.41) is 0. The summed E-state index contributed by atoms with van der Waals surface area (Å²) in [7, 11) is 0. The van der Waals surface area contributed by atoms with E-state index in [4.69, 9.17) is 14.2 Å². The molecule has 1 aromatic rings. The predicted octanol–water partition coefficient (Wildman–Crippen LogP) is 3.28. The average molecular weight is 415 g/mol. The van der Waals surface area contributed by atoms with Crippen molar-refractivity contribution in [2.24, 2.45) is 0 Å². The Bertz CT molecular complexity index is 810. The number of ether oxygens (including phenoxy) is 3. The second kappa shape index (κ2) is 7.72. The summed E-state index contributed by atoms with van der Waals surface area (Å²) in [6.45, 7) is 10.3. The van der Waals surface area contributed by atoms with E-state index in [1.165, 1.54) is 36.8 Å². The molecule has 164 valence electrons. The zero-order valence-electron chi connectivity index (χ0n) is 18.5. The van der Waals surface area contributed by atoms with E-state index in [-0.39, 0.29) is 29.6 Å². The molecule has 2 fully saturated rings. The summed E-state index contributed by atoms with van der Waals surface area (Å²) >= 11 is 0. The van der Waals surface area contributed by atoms with Gasteiger partial charge < -0.3 is 19.1 Å². The standard InChI is InChI=1S/C24H34N2O4/c1-16-12-25(13-17(2)30-16)23(27)14-26-15-24(6-4-5-7-24)20-11-22-21(28-8-9-29-22)10-19(20)18(26)3/h10-11,16-18H,4-9,12-15H2,1-3H3. The van der Waals surface area contributed by atoms with Crippen molar-refractivity contribution in [1.82, 2.24) is 9.80 Å². The molecule has 5 rings (SSSR count). The summed E-state index contributed by atoms with van der Waals surface area (Å²) in [5.41, 5.74) is 2.86. The van der Waals surface area contributed by atoms with Crippen LogP contribution in [0.15, 0.2) is 12.1 Å². The third-order valence-electron chi connectivity index (χ3n) is 7.46. The molecule has 0 N–H and O–H groups in total. The molecule has 0 aromatic heterocycles. The van der Waals surface area contributed by atoms with Gasteiger partial charge in [0.25, 0.3) is 0 Å². The van der Waals surface area contributed by atoms with Gasteiger partial charge >= 0.3 is 0 Å². The molecule has 0 radical (unpaired) electrons. The first-order chi connectivity index (χ1) is 14.4. The number of carbonyl (C=O) groups is 1. The number of hydrogen-bond donors (Lipinski definition) is 0. The van der Waals surface area contributed by atoms with E-state index in [0.717, 1.165) is 18.0 Å². The fourth-order valence-electron chi connectivity index (χ4n) is 6.04. The highest BCUT2D eigenvalue weighted by Gasteiger charge is 2.45. The molecular weight excluding hydrogens is 380 g/mol. The molecule has 6 nitrogen and oxygen atoms in total. The van der Waals surface area contributed by atoms with Gasteiger partial charge in [-0.1, -0.05) is 12.8 Å². The quantitative estimate of drug-likeness (QED) is 0.743. The number of fused-ring (bicyclic) bond motifs is 3. The normalized spacial score (nSPS) is 30.4. The van der Waals surface area contributed by atoms with E-state index in [1.807, 2.05) is 4.90 Å². The molecule has 4 aliphatic rings. The molecule has 1 amide bonds. The lowest BCUT2D eigenvalue weighted by Crippen LogP contribution is -2.54. The maximum absolute atomic E-state index is 13.2. The van der Waals surface area contributed by atoms with Crippen molar-refractivity contribution < 1.29 is 19.0 Å². The van der Waals surface area contributed by atoms with Crippen LogP contribution >= 0.6 is 0 Å². The van der Waals surface area contributed by atoms with E-state index in [0.29, 0.717) is 32.8 Å². The van der Waals surface area contributed by atoms with E-state index in [2.05, 4.69) is 37.8 Å². The highest BCUT2D eigenvalue weighted by atomic mass is 16.6. The summed E-state index contributed by atoms with van der Waals surface area (Å²) in [6.07, 6.45) is 5.07. The van der Waals surface area contributed by atoms with Gasteiger partial charge in [0.1, 0.15) is 13.2 Å². The summed E-state index contributed by atoms with van der Waals surface area (Å²) in [6, 6.07) is 4.61. The fourth-order valence-corrected chi connectivity index (χ4v) is 6.04. The van der Waals surface area contributed by atoms with Crippen LogP contribution in [0.3, 0.4) is 0 Å². The van der Waals surface area contributed by atoms with E-state index < -0.39 is 0 Å². The Morgan fingerprint density at radius 2 is 1.67 bits per heavy atom. The highest BCUT2D eigenvalue weighted by molar-refractivity contribution is 5.78. The SMILES string of the molecule is CC1CN(C(=O)CN2CC3(CCCC3)c3cc4c(cc3C2C)OCCO4)CC(C)O1. The van der Waals surface area contributed by atoms with Crippen molar-refractivity contribution >= 4 is 5.91 Å². The molecule has 0 bridgehead atoms. The van der Waals surface area contributed by atoms with Crippen LogP contribution in [0.2, 0.25) is 0 Å². The van der Waals surface area contributed by atoms with Crippen LogP contribution in [-0.2, 0) is 14.9 Å². The minimum absolute atomic E-state index is 0.0991. The summed E-state index contributed by atoms with van der Waals surface area (Å²) in [5.74, 6) is 1.96. The lowest BCUT2D eigenvalue weighted by Gasteiger charge is -2.47. The Labute approximate surface area is 179 Å². The number of morpholine rings is 1. The molecule has 1 spiro atoms. The fraction of sp³-hybridized carbons (Fsp3) is 0.708. The van der Waals surface area contributed by atoms with E-state index >= 15 is 0 Å². The van der Waals surface area contributed by atoms with E-state index in [9.17, 15) is 4.79 Å². The minimum atomic E-state index is 0.0991. The minimum Gasteiger partial charge on any atom is -0.486 e. The Morgan fingerprint density at radius 3 is 2.33 bits per heavy atom. The van der Waals surface area contributed by atoms with Gasteiger partial charge in [-0.25, -0.2) is 0 Å². The van der Waals surface area contributed by atoms with Crippen molar-refractivity contribution in [2.45, 2.75) is 70.1 Å². The molecule has 3 aliphatic heterocycles. The van der Waals surface area contributed by atoms with E-state index in [1.54, 1.807) is 0 Å². The number of nitrogens with zero attached hydrogens (tertiary/aromatic N) is 2. The van der Waals surface area contributed by atoms with Crippen molar-refractivity contribution in [2.75, 3.05) is 39.4 Å². The lowest BCUT2D eigenvalue weighted by molar-refractivity contribution is -0.145. The number of carbonyl (C=O) groups excluding carboxylic acids is 1. The Balaban J connectivity index is 1.43. The maximum Gasteiger partial charge on any atom is 0.236 e. The molecule has 3 unspecified atom stereocenters.